The number of likely N-dealkylation sites (tertiary alicyclic amines) is 1. The molecule has 29 heavy (non-hydrogen) atoms. The van der Waals surface area contributed by atoms with Crippen molar-refractivity contribution in [1.82, 2.24) is 25.2 Å². The number of tetrazole rings is 1. The number of quaternary nitrogens is 1. The van der Waals surface area contributed by atoms with E-state index in [0.717, 1.165) is 53.8 Å². The van der Waals surface area contributed by atoms with Gasteiger partial charge in [-0.15, -0.1) is 5.10 Å². The van der Waals surface area contributed by atoms with Gasteiger partial charge < -0.3 is 9.88 Å². The fourth-order valence-corrected chi connectivity index (χ4v) is 5.18. The molecule has 1 atom stereocenters. The van der Waals surface area contributed by atoms with Gasteiger partial charge in [0.2, 0.25) is 5.82 Å². The molecule has 1 aliphatic heterocycles. The summed E-state index contributed by atoms with van der Waals surface area (Å²) < 4.78 is 2.03. The van der Waals surface area contributed by atoms with Crippen LogP contribution in [-0.2, 0) is 0 Å². The van der Waals surface area contributed by atoms with Gasteiger partial charge in [0.05, 0.1) is 24.7 Å². The molecule has 1 saturated carbocycles. The normalized spacial score (nSPS) is 19.8. The van der Waals surface area contributed by atoms with Crippen molar-refractivity contribution in [2.45, 2.75) is 64.0 Å². The minimum Gasteiger partial charge on any atom is -0.322 e. The lowest BCUT2D eigenvalue weighted by molar-refractivity contribution is -0.931. The second-order valence-corrected chi connectivity index (χ2v) is 8.72. The Morgan fingerprint density at radius 3 is 2.69 bits per heavy atom. The van der Waals surface area contributed by atoms with Crippen molar-refractivity contribution in [2.75, 3.05) is 13.1 Å². The van der Waals surface area contributed by atoms with E-state index in [1.54, 1.807) is 0 Å². The minimum atomic E-state index is -0.125. The first-order chi connectivity index (χ1) is 14.2. The standard InChI is InChI=1S/C22H28N6O/c1-15-9-10-16-14-18(22(29)23-19(16)13-15)20(27-11-5-2-6-12-27)21-24-25-26-28(21)17-7-3-4-8-17/h9-10,13-14,17,20H,2-8,11-12H2,1H3,(H,23,29)/p+1/t20-/m0/s1. The topological polar surface area (TPSA) is 80.9 Å². The zero-order valence-electron chi connectivity index (χ0n) is 17.0. The van der Waals surface area contributed by atoms with Crippen molar-refractivity contribution in [3.8, 4) is 0 Å². The fourth-order valence-electron chi connectivity index (χ4n) is 5.18. The van der Waals surface area contributed by atoms with Gasteiger partial charge in [0.15, 0.2) is 6.04 Å². The molecule has 1 saturated heterocycles. The Morgan fingerprint density at radius 1 is 1.10 bits per heavy atom. The Bertz CT molecular complexity index is 1060. The predicted octanol–water partition coefficient (Wildman–Crippen LogP) is 2.10. The minimum absolute atomic E-state index is 0.0212. The molecule has 7 nitrogen and oxygen atoms in total. The third-order valence-corrected chi connectivity index (χ3v) is 6.69. The molecule has 0 amide bonds. The van der Waals surface area contributed by atoms with Gasteiger partial charge in [0.1, 0.15) is 0 Å². The number of aromatic amines is 1. The summed E-state index contributed by atoms with van der Waals surface area (Å²) in [5, 5.41) is 14.0. The van der Waals surface area contributed by atoms with Gasteiger partial charge in [-0.3, -0.25) is 4.79 Å². The molecule has 2 aromatic heterocycles. The van der Waals surface area contributed by atoms with E-state index in [0.29, 0.717) is 6.04 Å². The maximum absolute atomic E-state index is 13.2. The summed E-state index contributed by atoms with van der Waals surface area (Å²) in [5.74, 6) is 0.853. The molecule has 0 radical (unpaired) electrons. The first-order valence-corrected chi connectivity index (χ1v) is 11.0. The number of rotatable bonds is 4. The van der Waals surface area contributed by atoms with E-state index in [9.17, 15) is 4.79 Å². The number of aromatic nitrogens is 5. The Kier molecular flexibility index (Phi) is 4.91. The number of aryl methyl sites for hydroxylation is 1. The van der Waals surface area contributed by atoms with Crippen LogP contribution >= 0.6 is 0 Å². The Morgan fingerprint density at radius 2 is 1.90 bits per heavy atom. The van der Waals surface area contributed by atoms with Crippen LogP contribution in [0.4, 0.5) is 0 Å². The van der Waals surface area contributed by atoms with E-state index in [-0.39, 0.29) is 11.6 Å². The Labute approximate surface area is 170 Å². The van der Waals surface area contributed by atoms with E-state index in [2.05, 4.69) is 38.7 Å². The first kappa shape index (κ1) is 18.5. The predicted molar refractivity (Wildman–Crippen MR) is 111 cm³/mol. The van der Waals surface area contributed by atoms with E-state index >= 15 is 0 Å². The monoisotopic (exact) mass is 393 g/mol. The summed E-state index contributed by atoms with van der Waals surface area (Å²) in [4.78, 5) is 17.7. The molecule has 7 heteroatoms. The van der Waals surface area contributed by atoms with Crippen molar-refractivity contribution in [2.24, 2.45) is 0 Å². The fraction of sp³-hybridized carbons (Fsp3) is 0.545. The van der Waals surface area contributed by atoms with Gasteiger partial charge in [-0.25, -0.2) is 4.68 Å². The molecule has 3 heterocycles. The van der Waals surface area contributed by atoms with Crippen LogP contribution in [0.15, 0.2) is 29.1 Å². The highest BCUT2D eigenvalue weighted by atomic mass is 16.1. The van der Waals surface area contributed by atoms with Crippen LogP contribution in [-0.4, -0.2) is 38.3 Å². The second-order valence-electron chi connectivity index (χ2n) is 8.72. The van der Waals surface area contributed by atoms with Crippen LogP contribution in [0.3, 0.4) is 0 Å². The van der Waals surface area contributed by atoms with Crippen molar-refractivity contribution >= 4 is 10.9 Å². The Balaban J connectivity index is 1.65. The summed E-state index contributed by atoms with van der Waals surface area (Å²) in [6, 6.07) is 8.51. The molecular weight excluding hydrogens is 364 g/mol. The van der Waals surface area contributed by atoms with E-state index in [1.165, 1.54) is 37.0 Å². The highest BCUT2D eigenvalue weighted by molar-refractivity contribution is 5.79. The zero-order chi connectivity index (χ0) is 19.8. The van der Waals surface area contributed by atoms with Crippen LogP contribution in [0.1, 0.15) is 74.0 Å². The van der Waals surface area contributed by atoms with Gasteiger partial charge >= 0.3 is 0 Å². The van der Waals surface area contributed by atoms with E-state index < -0.39 is 0 Å². The molecule has 0 spiro atoms. The SMILES string of the molecule is Cc1ccc2cc([C@@H](c3nnnn3C3CCCC3)[NH+]3CCCCC3)c(=O)[nH]c2c1. The lowest BCUT2D eigenvalue weighted by Gasteiger charge is -2.31. The maximum Gasteiger partial charge on any atom is 0.258 e. The highest BCUT2D eigenvalue weighted by Crippen LogP contribution is 2.31. The first-order valence-electron chi connectivity index (χ1n) is 11.0. The molecule has 3 aromatic rings. The van der Waals surface area contributed by atoms with Crippen LogP contribution < -0.4 is 10.5 Å². The van der Waals surface area contributed by atoms with Gasteiger partial charge in [0.25, 0.3) is 5.56 Å². The van der Waals surface area contributed by atoms with Crippen LogP contribution in [0, 0.1) is 6.92 Å². The second kappa shape index (κ2) is 7.71. The lowest BCUT2D eigenvalue weighted by Crippen LogP contribution is -3.13. The number of piperidine rings is 1. The Hall–Kier alpha value is -2.54. The molecule has 1 aliphatic carbocycles. The molecule has 0 unspecified atom stereocenters. The average molecular weight is 394 g/mol. The van der Waals surface area contributed by atoms with Crippen molar-refractivity contribution < 1.29 is 4.90 Å². The number of pyridine rings is 1. The zero-order valence-corrected chi connectivity index (χ0v) is 17.0. The molecule has 0 bridgehead atoms. The molecule has 2 N–H and O–H groups in total. The van der Waals surface area contributed by atoms with Gasteiger partial charge in [-0.1, -0.05) is 25.0 Å². The van der Waals surface area contributed by atoms with E-state index in [1.807, 2.05) is 17.7 Å². The number of fused-ring (bicyclic) bond motifs is 1. The highest BCUT2D eigenvalue weighted by Gasteiger charge is 2.36. The molecule has 5 rings (SSSR count). The number of H-pyrrole nitrogens is 1. The third kappa shape index (κ3) is 3.48. The number of nitrogens with zero attached hydrogens (tertiary/aromatic N) is 4. The van der Waals surface area contributed by atoms with Crippen molar-refractivity contribution in [1.29, 1.82) is 0 Å². The van der Waals surface area contributed by atoms with Gasteiger partial charge in [-0.2, -0.15) is 0 Å². The van der Waals surface area contributed by atoms with Crippen LogP contribution in [0.2, 0.25) is 0 Å². The molecule has 152 valence electrons. The van der Waals surface area contributed by atoms with Crippen LogP contribution in [0.25, 0.3) is 10.9 Å². The number of hydrogen-bond donors (Lipinski definition) is 2. The van der Waals surface area contributed by atoms with Crippen LogP contribution in [0.5, 0.6) is 0 Å². The molecule has 2 fully saturated rings. The summed E-state index contributed by atoms with van der Waals surface area (Å²) >= 11 is 0. The summed E-state index contributed by atoms with van der Waals surface area (Å²) in [7, 11) is 0. The van der Waals surface area contributed by atoms with E-state index in [4.69, 9.17) is 0 Å². The molecule has 1 aromatic carbocycles. The third-order valence-electron chi connectivity index (χ3n) is 6.69. The van der Waals surface area contributed by atoms with Gasteiger partial charge in [-0.05, 0) is 72.5 Å². The van der Waals surface area contributed by atoms with Crippen molar-refractivity contribution in [3.63, 3.8) is 0 Å². The molecule has 2 aliphatic rings. The lowest BCUT2D eigenvalue weighted by atomic mass is 10.00. The average Bonchev–Trinajstić information content (AvgIpc) is 3.41. The summed E-state index contributed by atoms with van der Waals surface area (Å²) in [6.45, 7) is 4.14. The summed E-state index contributed by atoms with van der Waals surface area (Å²) in [6.07, 6.45) is 8.31. The van der Waals surface area contributed by atoms with Gasteiger partial charge in [0, 0.05) is 5.52 Å². The largest absolute Gasteiger partial charge is 0.322 e. The number of benzene rings is 1. The maximum atomic E-state index is 13.2. The molecular formula is C22H29N6O+. The smallest absolute Gasteiger partial charge is 0.258 e. The number of hydrogen-bond acceptors (Lipinski definition) is 4. The number of nitrogens with one attached hydrogen (secondary N) is 2. The summed E-state index contributed by atoms with van der Waals surface area (Å²) in [5.41, 5.74) is 2.80. The quantitative estimate of drug-likeness (QED) is 0.711. The van der Waals surface area contributed by atoms with Crippen molar-refractivity contribution in [3.05, 3.63) is 51.6 Å².